The number of hydrogen-bond acceptors (Lipinski definition) is 9. The highest BCUT2D eigenvalue weighted by Crippen LogP contribution is 2.48. The van der Waals surface area contributed by atoms with Gasteiger partial charge in [-0.1, -0.05) is 297 Å². The number of aromatic nitrogens is 9. The van der Waals surface area contributed by atoms with E-state index in [0.717, 1.165) is 176 Å². The number of hydrogen-bond donors (Lipinski definition) is 0. The second-order valence-corrected chi connectivity index (χ2v) is 31.7. The van der Waals surface area contributed by atoms with E-state index >= 15 is 0 Å². The van der Waals surface area contributed by atoms with E-state index in [0.29, 0.717) is 17.8 Å². The SMILES string of the molecule is c1ccc(-c2nc(-n3c4ccccc4c4c5c(ccc43)oc3c4ccccc4ccc35)nc3ccccc23)cc1.c1ccc(-c2nc(-n3c4ccccc4c4c5c(ccc43)sc3c4ccccc4ccc35)nc3ccccc23)cc1.c1ccc(-c2nc(-n3c4ccccc4c4cc5c(cc43)oc3c4ccccc4ccc53)nc3ccccc23)cc1. The van der Waals surface area contributed by atoms with Gasteiger partial charge in [-0.3, -0.25) is 13.7 Å². The fourth-order valence-electron chi connectivity index (χ4n) is 18.7. The molecule has 12 heteroatoms. The van der Waals surface area contributed by atoms with Gasteiger partial charge in [0, 0.05) is 124 Å². The average molecular weight is 1550 g/mol. The van der Waals surface area contributed by atoms with Gasteiger partial charge in [0.1, 0.15) is 22.3 Å². The smallest absolute Gasteiger partial charge is 0.235 e. The molecule has 0 unspecified atom stereocenters. The summed E-state index contributed by atoms with van der Waals surface area (Å²) in [5.41, 5.74) is 18.8. The molecule has 0 bridgehead atoms. The van der Waals surface area contributed by atoms with Gasteiger partial charge in [0.2, 0.25) is 17.8 Å². The Morgan fingerprint density at radius 2 is 0.583 bits per heavy atom. The van der Waals surface area contributed by atoms with Crippen LogP contribution in [0.4, 0.5) is 0 Å². The lowest BCUT2D eigenvalue weighted by molar-refractivity contribution is 0.672. The zero-order chi connectivity index (χ0) is 78.6. The van der Waals surface area contributed by atoms with E-state index in [4.69, 9.17) is 38.7 Å². The van der Waals surface area contributed by atoms with Gasteiger partial charge >= 0.3 is 0 Å². The van der Waals surface area contributed by atoms with E-state index in [1.807, 2.05) is 72.0 Å². The standard InChI is InChI=1S/2C36H21N3O.C36H21N3S/c1-2-11-23(12-3-1)34-27-15-6-8-16-30(27)37-36(38-34)39-31-17-9-7-14-25(31)28-20-29-26-19-18-22-10-4-5-13-24(22)35(26)40-33(29)21-32(28)39;2*1-2-11-23(12-3-1)34-25-14-6-8-16-28(25)37-36(38-34)39-29-17-9-7-15-26(29)32-30(39)20-21-31-33(32)27-19-18-22-10-4-5-13-24(22)35(27)40-31/h3*1-21H. The third-order valence-corrected chi connectivity index (χ3v) is 25.2. The van der Waals surface area contributed by atoms with Gasteiger partial charge in [-0.2, -0.15) is 0 Å². The Morgan fingerprint density at radius 1 is 0.208 bits per heavy atom. The molecule has 0 spiro atoms. The van der Waals surface area contributed by atoms with Crippen LogP contribution in [0.2, 0.25) is 0 Å². The Hall–Kier alpha value is -16.0. The summed E-state index contributed by atoms with van der Waals surface area (Å²) in [5, 5.41) is 24.5. The molecule has 11 nitrogen and oxygen atoms in total. The van der Waals surface area contributed by atoms with Gasteiger partial charge in [0.05, 0.1) is 66.7 Å². The summed E-state index contributed by atoms with van der Waals surface area (Å²) >= 11 is 1.88. The summed E-state index contributed by atoms with van der Waals surface area (Å²) in [6, 6.07) is 133. The molecule has 0 radical (unpaired) electrons. The zero-order valence-electron chi connectivity index (χ0n) is 64.1. The van der Waals surface area contributed by atoms with Crippen molar-refractivity contribution >= 4 is 206 Å². The van der Waals surface area contributed by atoms with Gasteiger partial charge in [0.15, 0.2) is 0 Å². The molecular weight excluding hydrogens is 1490 g/mol. The van der Waals surface area contributed by atoms with E-state index in [1.165, 1.54) is 52.5 Å². The molecule has 0 aliphatic heterocycles. The highest BCUT2D eigenvalue weighted by Gasteiger charge is 2.26. The van der Waals surface area contributed by atoms with Crippen LogP contribution < -0.4 is 0 Å². The third kappa shape index (κ3) is 10.4. The topological polar surface area (TPSA) is 118 Å². The first-order valence-corrected chi connectivity index (χ1v) is 41.1. The second-order valence-electron chi connectivity index (χ2n) is 30.7. The first-order valence-electron chi connectivity index (χ1n) is 40.3. The molecule has 0 aliphatic rings. The van der Waals surface area contributed by atoms with Crippen molar-refractivity contribution < 1.29 is 8.83 Å². The molecule has 18 aromatic carbocycles. The van der Waals surface area contributed by atoms with E-state index < -0.39 is 0 Å². The number of nitrogens with zero attached hydrogens (tertiary/aromatic N) is 9. The molecule has 27 rings (SSSR count). The predicted molar refractivity (Wildman–Crippen MR) is 498 cm³/mol. The number of furan rings is 2. The third-order valence-electron chi connectivity index (χ3n) is 24.0. The van der Waals surface area contributed by atoms with Gasteiger partial charge in [-0.25, -0.2) is 29.9 Å². The highest BCUT2D eigenvalue weighted by molar-refractivity contribution is 7.27. The lowest BCUT2D eigenvalue weighted by Gasteiger charge is -2.11. The minimum Gasteiger partial charge on any atom is -0.455 e. The average Bonchev–Trinajstić information content (AvgIpc) is 1.55. The predicted octanol–water partition coefficient (Wildman–Crippen LogP) is 28.8. The van der Waals surface area contributed by atoms with E-state index in [2.05, 4.69) is 335 Å². The molecule has 558 valence electrons. The Kier molecular flexibility index (Phi) is 15.0. The summed E-state index contributed by atoms with van der Waals surface area (Å²) in [7, 11) is 0. The number of para-hydroxylation sites is 6. The lowest BCUT2D eigenvalue weighted by atomic mass is 10.0. The number of thiophene rings is 1. The maximum absolute atomic E-state index is 6.57. The minimum atomic E-state index is 0.643. The van der Waals surface area contributed by atoms with Crippen molar-refractivity contribution in [1.82, 2.24) is 43.6 Å². The van der Waals surface area contributed by atoms with Gasteiger partial charge in [-0.15, -0.1) is 11.3 Å². The first-order chi connectivity index (χ1) is 59.5. The van der Waals surface area contributed by atoms with Crippen molar-refractivity contribution in [2.24, 2.45) is 0 Å². The number of benzene rings is 18. The van der Waals surface area contributed by atoms with Crippen LogP contribution in [0.5, 0.6) is 0 Å². The fraction of sp³-hybridized carbons (Fsp3) is 0. The van der Waals surface area contributed by atoms with Crippen LogP contribution in [-0.4, -0.2) is 43.6 Å². The normalized spacial score (nSPS) is 12.0. The van der Waals surface area contributed by atoms with Gasteiger partial charge < -0.3 is 8.83 Å². The van der Waals surface area contributed by atoms with E-state index in [9.17, 15) is 0 Å². The Morgan fingerprint density at radius 3 is 1.10 bits per heavy atom. The van der Waals surface area contributed by atoms with Crippen molar-refractivity contribution in [3.63, 3.8) is 0 Å². The van der Waals surface area contributed by atoms with Crippen molar-refractivity contribution in [2.45, 2.75) is 0 Å². The molecule has 0 atom stereocenters. The molecule has 0 N–H and O–H groups in total. The fourth-order valence-corrected chi connectivity index (χ4v) is 19.9. The summed E-state index contributed by atoms with van der Waals surface area (Å²) < 4.78 is 22.4. The summed E-state index contributed by atoms with van der Waals surface area (Å²) in [6.45, 7) is 0. The van der Waals surface area contributed by atoms with E-state index in [1.54, 1.807) is 0 Å². The largest absolute Gasteiger partial charge is 0.455 e. The monoisotopic (exact) mass is 1550 g/mol. The molecule has 27 aromatic rings. The van der Waals surface area contributed by atoms with E-state index in [-0.39, 0.29) is 0 Å². The van der Waals surface area contributed by atoms with Gasteiger partial charge in [-0.05, 0) is 100 Å². The first kappa shape index (κ1) is 67.3. The quantitative estimate of drug-likeness (QED) is 0.162. The summed E-state index contributed by atoms with van der Waals surface area (Å²) in [5.74, 6) is 1.99. The van der Waals surface area contributed by atoms with Gasteiger partial charge in [0.25, 0.3) is 0 Å². The van der Waals surface area contributed by atoms with Crippen LogP contribution in [0.3, 0.4) is 0 Å². The Balaban J connectivity index is 0.0000000997. The molecule has 120 heavy (non-hydrogen) atoms. The molecule has 0 amide bonds. The second kappa shape index (κ2) is 26.8. The Bertz CT molecular complexity index is 8600. The number of fused-ring (bicyclic) bond motifs is 29. The minimum absolute atomic E-state index is 0.643. The molecule has 9 aromatic heterocycles. The molecule has 0 fully saturated rings. The maximum Gasteiger partial charge on any atom is 0.235 e. The maximum atomic E-state index is 6.57. The highest BCUT2D eigenvalue weighted by atomic mass is 32.1. The van der Waals surface area contributed by atoms with Crippen molar-refractivity contribution in [1.29, 1.82) is 0 Å². The molecule has 9 heterocycles. The van der Waals surface area contributed by atoms with Crippen LogP contribution >= 0.6 is 11.3 Å². The molecular formula is C108H63N9O2S. The lowest BCUT2D eigenvalue weighted by Crippen LogP contribution is -2.03. The summed E-state index contributed by atoms with van der Waals surface area (Å²) in [6.07, 6.45) is 0. The van der Waals surface area contributed by atoms with Crippen LogP contribution in [0.15, 0.2) is 391 Å². The molecule has 0 saturated heterocycles. The van der Waals surface area contributed by atoms with Crippen LogP contribution in [0.25, 0.3) is 246 Å². The van der Waals surface area contributed by atoms with Crippen molar-refractivity contribution in [2.75, 3.05) is 0 Å². The van der Waals surface area contributed by atoms with Crippen LogP contribution in [0.1, 0.15) is 0 Å². The zero-order valence-corrected chi connectivity index (χ0v) is 64.9. The van der Waals surface area contributed by atoms with Crippen molar-refractivity contribution in [3.8, 4) is 51.6 Å². The summed E-state index contributed by atoms with van der Waals surface area (Å²) in [4.78, 5) is 31.0. The Labute approximate surface area is 687 Å². The van der Waals surface area contributed by atoms with Crippen LogP contribution in [-0.2, 0) is 0 Å². The van der Waals surface area contributed by atoms with Crippen molar-refractivity contribution in [3.05, 3.63) is 382 Å². The van der Waals surface area contributed by atoms with Crippen LogP contribution in [0, 0.1) is 0 Å². The number of rotatable bonds is 6. The molecule has 0 saturated carbocycles. The molecule has 0 aliphatic carbocycles.